The Labute approximate surface area is 71.0 Å². The molecule has 2 N–H and O–H groups in total. The number of amides is 1. The lowest BCUT2D eigenvalue weighted by atomic mass is 10.3. The molecule has 0 saturated heterocycles. The van der Waals surface area contributed by atoms with Crippen LogP contribution in [0.2, 0.25) is 0 Å². The Morgan fingerprint density at radius 2 is 2.00 bits per heavy atom. The average Bonchev–Trinajstić information content (AvgIpc) is 2.61. The Balaban J connectivity index is 2.33. The van der Waals surface area contributed by atoms with E-state index in [4.69, 9.17) is 5.11 Å². The Bertz CT molecular complexity index is 212. The lowest BCUT2D eigenvalue weighted by Gasteiger charge is -2.06. The average molecular weight is 171 g/mol. The summed E-state index contributed by atoms with van der Waals surface area (Å²) in [7, 11) is 0. The molecule has 4 nitrogen and oxygen atoms in total. The highest BCUT2D eigenvalue weighted by atomic mass is 16.4. The van der Waals surface area contributed by atoms with Crippen molar-refractivity contribution in [1.82, 2.24) is 5.32 Å². The molecule has 4 heteroatoms. The molecule has 1 saturated carbocycles. The fraction of sp³-hybridized carbons (Fsp3) is 0.750. The Morgan fingerprint density at radius 1 is 1.42 bits per heavy atom. The van der Waals surface area contributed by atoms with Crippen LogP contribution < -0.4 is 5.32 Å². The third-order valence-corrected chi connectivity index (χ3v) is 1.88. The third-order valence-electron chi connectivity index (χ3n) is 1.88. The van der Waals surface area contributed by atoms with E-state index in [2.05, 4.69) is 5.32 Å². The highest BCUT2D eigenvalue weighted by molar-refractivity contribution is 5.89. The smallest absolute Gasteiger partial charge is 0.307 e. The molecule has 1 amide bonds. The number of carbonyl (C=O) groups is 2. The molecule has 0 bridgehead atoms. The van der Waals surface area contributed by atoms with Gasteiger partial charge in [0.25, 0.3) is 0 Å². The van der Waals surface area contributed by atoms with Crippen LogP contribution in [0.5, 0.6) is 0 Å². The lowest BCUT2D eigenvalue weighted by Crippen LogP contribution is -2.32. The minimum absolute atomic E-state index is 0.0903. The summed E-state index contributed by atoms with van der Waals surface area (Å²) in [6, 6.07) is 0.0903. The van der Waals surface area contributed by atoms with Crippen LogP contribution in [-0.4, -0.2) is 23.0 Å². The van der Waals surface area contributed by atoms with Gasteiger partial charge in [-0.15, -0.1) is 0 Å². The van der Waals surface area contributed by atoms with Gasteiger partial charge in [-0.1, -0.05) is 0 Å². The van der Waals surface area contributed by atoms with Gasteiger partial charge in [0, 0.05) is 6.04 Å². The molecular formula is C8H13NO3. The first-order valence-electron chi connectivity index (χ1n) is 4.05. The number of rotatable bonds is 3. The van der Waals surface area contributed by atoms with Crippen LogP contribution in [0.15, 0.2) is 0 Å². The Hall–Kier alpha value is -1.06. The van der Waals surface area contributed by atoms with Crippen LogP contribution >= 0.6 is 0 Å². The topological polar surface area (TPSA) is 66.4 Å². The van der Waals surface area contributed by atoms with Gasteiger partial charge in [-0.25, -0.2) is 0 Å². The minimum atomic E-state index is -0.862. The second-order valence-corrected chi connectivity index (χ2v) is 3.45. The van der Waals surface area contributed by atoms with Crippen molar-refractivity contribution in [3.8, 4) is 0 Å². The fourth-order valence-electron chi connectivity index (χ4n) is 1.15. The maximum atomic E-state index is 11.2. The molecule has 0 aliphatic heterocycles. The molecular weight excluding hydrogens is 158 g/mol. The summed E-state index contributed by atoms with van der Waals surface area (Å²) in [4.78, 5) is 21.5. The normalized spacial score (nSPS) is 26.9. The number of hydrogen-bond acceptors (Lipinski definition) is 2. The lowest BCUT2D eigenvalue weighted by molar-refractivity contribution is -0.140. The number of hydrogen-bond donors (Lipinski definition) is 2. The van der Waals surface area contributed by atoms with Gasteiger partial charge in [0.2, 0.25) is 5.91 Å². The first-order valence-corrected chi connectivity index (χ1v) is 4.05. The van der Waals surface area contributed by atoms with E-state index in [0.29, 0.717) is 6.42 Å². The van der Waals surface area contributed by atoms with Gasteiger partial charge >= 0.3 is 5.97 Å². The maximum Gasteiger partial charge on any atom is 0.307 e. The summed E-state index contributed by atoms with van der Waals surface area (Å²) in [5.41, 5.74) is 0. The van der Waals surface area contributed by atoms with Crippen molar-refractivity contribution in [3.05, 3.63) is 0 Å². The van der Waals surface area contributed by atoms with Gasteiger partial charge < -0.3 is 10.4 Å². The van der Waals surface area contributed by atoms with Crippen molar-refractivity contribution in [1.29, 1.82) is 0 Å². The van der Waals surface area contributed by atoms with E-state index >= 15 is 0 Å². The van der Waals surface area contributed by atoms with Crippen molar-refractivity contribution in [2.45, 2.75) is 26.3 Å². The molecule has 0 aromatic heterocycles. The standard InChI is InChI=1S/C8H13NO3/c1-4(2)9-7(10)5-3-6(5)8(11)12/h4-6H,3H2,1-2H3,(H,9,10)(H,11,12)/t5-,6-/m1/s1. The summed E-state index contributed by atoms with van der Waals surface area (Å²) in [6.07, 6.45) is 0.494. The summed E-state index contributed by atoms with van der Waals surface area (Å²) in [5, 5.41) is 11.2. The fourth-order valence-corrected chi connectivity index (χ4v) is 1.15. The van der Waals surface area contributed by atoms with Crippen LogP contribution in [0.25, 0.3) is 0 Å². The van der Waals surface area contributed by atoms with Gasteiger partial charge in [0.1, 0.15) is 0 Å². The summed E-state index contributed by atoms with van der Waals surface area (Å²) in [5.74, 6) is -1.72. The van der Waals surface area contributed by atoms with Crippen LogP contribution in [0.4, 0.5) is 0 Å². The van der Waals surface area contributed by atoms with Crippen molar-refractivity contribution < 1.29 is 14.7 Å². The molecule has 1 fully saturated rings. The highest BCUT2D eigenvalue weighted by Gasteiger charge is 2.48. The molecule has 0 aromatic rings. The zero-order valence-corrected chi connectivity index (χ0v) is 7.20. The molecule has 1 aliphatic carbocycles. The van der Waals surface area contributed by atoms with E-state index in [1.807, 2.05) is 13.8 Å². The van der Waals surface area contributed by atoms with E-state index in [-0.39, 0.29) is 17.9 Å². The predicted molar refractivity (Wildman–Crippen MR) is 42.5 cm³/mol. The second kappa shape index (κ2) is 3.13. The number of carbonyl (C=O) groups excluding carboxylic acids is 1. The van der Waals surface area contributed by atoms with Gasteiger partial charge in [0.05, 0.1) is 11.8 Å². The first kappa shape index (κ1) is 9.03. The Kier molecular flexibility index (Phi) is 2.35. The monoisotopic (exact) mass is 171 g/mol. The van der Waals surface area contributed by atoms with Crippen LogP contribution in [0.3, 0.4) is 0 Å². The van der Waals surface area contributed by atoms with Gasteiger partial charge in [-0.2, -0.15) is 0 Å². The number of nitrogens with one attached hydrogen (secondary N) is 1. The van der Waals surface area contributed by atoms with Gasteiger partial charge in [-0.3, -0.25) is 9.59 Å². The molecule has 1 rings (SSSR count). The third kappa shape index (κ3) is 1.96. The van der Waals surface area contributed by atoms with Crippen LogP contribution in [0.1, 0.15) is 20.3 Å². The van der Waals surface area contributed by atoms with E-state index < -0.39 is 11.9 Å². The molecule has 12 heavy (non-hydrogen) atoms. The zero-order chi connectivity index (χ0) is 9.30. The first-order chi connectivity index (χ1) is 5.52. The number of carboxylic acids is 1. The van der Waals surface area contributed by atoms with Crippen LogP contribution in [0, 0.1) is 11.8 Å². The van der Waals surface area contributed by atoms with Gasteiger partial charge in [-0.05, 0) is 20.3 Å². The van der Waals surface area contributed by atoms with Crippen molar-refractivity contribution in [2.75, 3.05) is 0 Å². The number of aliphatic carboxylic acids is 1. The van der Waals surface area contributed by atoms with E-state index in [1.54, 1.807) is 0 Å². The quantitative estimate of drug-likeness (QED) is 0.638. The van der Waals surface area contributed by atoms with Crippen LogP contribution in [-0.2, 0) is 9.59 Å². The van der Waals surface area contributed by atoms with E-state index in [0.717, 1.165) is 0 Å². The van der Waals surface area contributed by atoms with Crippen molar-refractivity contribution >= 4 is 11.9 Å². The number of carboxylic acid groups (broad SMARTS) is 1. The SMILES string of the molecule is CC(C)NC(=O)[C@@H]1C[C@H]1C(=O)O. The predicted octanol–water partition coefficient (Wildman–Crippen LogP) is 0.232. The zero-order valence-electron chi connectivity index (χ0n) is 7.20. The summed E-state index contributed by atoms with van der Waals surface area (Å²) >= 11 is 0. The van der Waals surface area contributed by atoms with Gasteiger partial charge in [0.15, 0.2) is 0 Å². The molecule has 2 atom stereocenters. The molecule has 0 heterocycles. The highest BCUT2D eigenvalue weighted by Crippen LogP contribution is 2.38. The molecule has 0 spiro atoms. The van der Waals surface area contributed by atoms with Crippen molar-refractivity contribution in [3.63, 3.8) is 0 Å². The molecule has 0 unspecified atom stereocenters. The summed E-state index contributed by atoms with van der Waals surface area (Å²) < 4.78 is 0. The molecule has 68 valence electrons. The van der Waals surface area contributed by atoms with Crippen molar-refractivity contribution in [2.24, 2.45) is 11.8 Å². The van der Waals surface area contributed by atoms with E-state index in [1.165, 1.54) is 0 Å². The van der Waals surface area contributed by atoms with E-state index in [9.17, 15) is 9.59 Å². The minimum Gasteiger partial charge on any atom is -0.481 e. The molecule has 0 radical (unpaired) electrons. The molecule has 0 aromatic carbocycles. The second-order valence-electron chi connectivity index (χ2n) is 3.45. The largest absolute Gasteiger partial charge is 0.481 e. The molecule has 1 aliphatic rings. The summed E-state index contributed by atoms with van der Waals surface area (Å²) in [6.45, 7) is 3.71. The maximum absolute atomic E-state index is 11.2. The Morgan fingerprint density at radius 3 is 2.33 bits per heavy atom.